The van der Waals surface area contributed by atoms with E-state index in [1.165, 1.54) is 0 Å². The number of hydrogen-bond donors (Lipinski definition) is 0. The standard InChI is InChI=1S/C10H20N2.C4H9N.ClH.Ta/c1-9(2,3)11-7-8-12-10(4,5)6;1-4(2,3)5;;/h7-8H,1-6H3;1-3H3;1H;/q-2;;;+1/p-1/b8-7-;;;. The van der Waals surface area contributed by atoms with Crippen molar-refractivity contribution in [3.05, 3.63) is 23.0 Å². The van der Waals surface area contributed by atoms with Crippen LogP contribution in [0.3, 0.4) is 0 Å². The quantitative estimate of drug-likeness (QED) is 0.489. The van der Waals surface area contributed by atoms with Gasteiger partial charge >= 0.3 is 57.3 Å². The SMILES string of the molecule is CC(C)(C)[N-]/C=C\[N-]C(C)(C)C.CC(C)(C)[N]=[Ta][Cl]. The van der Waals surface area contributed by atoms with E-state index in [4.69, 9.17) is 9.19 Å². The number of rotatable bonds is 2. The molecule has 114 valence electrons. The van der Waals surface area contributed by atoms with Crippen molar-refractivity contribution in [2.24, 2.45) is 3.34 Å². The maximum absolute atomic E-state index is 5.50. The van der Waals surface area contributed by atoms with Gasteiger partial charge in [-0.25, -0.2) is 12.4 Å². The summed E-state index contributed by atoms with van der Waals surface area (Å²) in [7, 11) is 5.50. The Morgan fingerprint density at radius 3 is 1.21 bits per heavy atom. The summed E-state index contributed by atoms with van der Waals surface area (Å²) in [6.45, 7) is 18.6. The summed E-state index contributed by atoms with van der Waals surface area (Å²) in [5, 5.41) is 8.57. The molecule has 0 spiro atoms. The molecule has 3 nitrogen and oxygen atoms in total. The molecule has 0 aliphatic carbocycles. The Labute approximate surface area is 133 Å². The molecule has 0 heterocycles. The molecular weight excluding hydrogens is 427 g/mol. The average molecular weight is 456 g/mol. The second-order valence-electron chi connectivity index (χ2n) is 7.24. The first-order valence-electron chi connectivity index (χ1n) is 6.39. The van der Waals surface area contributed by atoms with Crippen molar-refractivity contribution in [3.8, 4) is 0 Å². The fraction of sp³-hybridized carbons (Fsp3) is 0.857. The Hall–Kier alpha value is 0.170. The van der Waals surface area contributed by atoms with Gasteiger partial charge in [0.1, 0.15) is 0 Å². The van der Waals surface area contributed by atoms with E-state index in [9.17, 15) is 0 Å². The van der Waals surface area contributed by atoms with Crippen molar-refractivity contribution in [2.45, 2.75) is 78.9 Å². The van der Waals surface area contributed by atoms with Gasteiger partial charge in [0.25, 0.3) is 0 Å². The van der Waals surface area contributed by atoms with Crippen molar-refractivity contribution in [1.82, 2.24) is 0 Å². The van der Waals surface area contributed by atoms with E-state index in [2.05, 4.69) is 76.3 Å². The molecule has 0 unspecified atom stereocenters. The zero-order valence-corrected chi connectivity index (χ0v) is 17.8. The molecule has 0 fully saturated rings. The molecule has 0 radical (unpaired) electrons. The summed E-state index contributed by atoms with van der Waals surface area (Å²) in [6, 6.07) is 0. The van der Waals surface area contributed by atoms with Crippen molar-refractivity contribution >= 4 is 9.19 Å². The fourth-order valence-electron chi connectivity index (χ4n) is 0.627. The van der Waals surface area contributed by atoms with Crippen molar-refractivity contribution in [2.75, 3.05) is 0 Å². The summed E-state index contributed by atoms with van der Waals surface area (Å²) in [5.41, 5.74) is 0.131. The second kappa shape index (κ2) is 9.17. The molecule has 0 aliphatic heterocycles. The predicted octanol–water partition coefficient (Wildman–Crippen LogP) is 6.01. The van der Waals surface area contributed by atoms with Crippen LogP contribution in [0.5, 0.6) is 0 Å². The van der Waals surface area contributed by atoms with Crippen LogP contribution in [0.1, 0.15) is 62.3 Å². The Morgan fingerprint density at radius 1 is 0.789 bits per heavy atom. The Bertz CT molecular complexity index is 263. The summed E-state index contributed by atoms with van der Waals surface area (Å²) in [4.78, 5) is 0. The van der Waals surface area contributed by atoms with Gasteiger partial charge in [-0.3, -0.25) is 0 Å². The summed E-state index contributed by atoms with van der Waals surface area (Å²) >= 11 is -0.893. The van der Waals surface area contributed by atoms with Crippen LogP contribution >= 0.6 is 9.19 Å². The van der Waals surface area contributed by atoms with Gasteiger partial charge in [0.15, 0.2) is 0 Å². The van der Waals surface area contributed by atoms with Crippen LogP contribution in [0.25, 0.3) is 10.6 Å². The first-order chi connectivity index (χ1) is 8.27. The first-order valence-corrected chi connectivity index (χ1v) is 11.8. The van der Waals surface area contributed by atoms with Crippen molar-refractivity contribution in [1.29, 1.82) is 0 Å². The molecule has 0 N–H and O–H groups in total. The van der Waals surface area contributed by atoms with Gasteiger partial charge in [0.05, 0.1) is 0 Å². The minimum atomic E-state index is -0.893. The predicted molar refractivity (Wildman–Crippen MR) is 83.4 cm³/mol. The Kier molecular flexibility index (Phi) is 10.4. The molecule has 19 heavy (non-hydrogen) atoms. The molecule has 0 bridgehead atoms. The molecule has 0 saturated heterocycles. The zero-order chi connectivity index (χ0) is 15.7. The third-order valence-corrected chi connectivity index (χ3v) is 4.37. The van der Waals surface area contributed by atoms with E-state index in [1.54, 1.807) is 12.4 Å². The molecule has 0 aromatic carbocycles. The van der Waals surface area contributed by atoms with Crippen LogP contribution in [-0.2, 0) is 18.5 Å². The first kappa shape index (κ1) is 21.5. The van der Waals surface area contributed by atoms with Gasteiger partial charge in [-0.1, -0.05) is 41.5 Å². The van der Waals surface area contributed by atoms with E-state index >= 15 is 0 Å². The van der Waals surface area contributed by atoms with Gasteiger partial charge in [-0.2, -0.15) is 0 Å². The third kappa shape index (κ3) is 27.4. The molecule has 0 aliphatic rings. The van der Waals surface area contributed by atoms with Crippen LogP contribution in [0, 0.1) is 0 Å². The van der Waals surface area contributed by atoms with E-state index < -0.39 is 18.5 Å². The molecule has 0 aromatic heterocycles. The van der Waals surface area contributed by atoms with Crippen LogP contribution < -0.4 is 0 Å². The van der Waals surface area contributed by atoms with Gasteiger partial charge in [-0.05, 0) is 0 Å². The molecule has 0 saturated carbocycles. The monoisotopic (exact) mass is 455 g/mol. The Morgan fingerprint density at radius 2 is 1.11 bits per heavy atom. The second-order valence-corrected chi connectivity index (χ2v) is 9.74. The number of nitrogens with zero attached hydrogens (tertiary/aromatic N) is 3. The molecule has 0 aromatic rings. The minimum absolute atomic E-state index is 0.00387. The van der Waals surface area contributed by atoms with E-state index in [0.29, 0.717) is 0 Å². The van der Waals surface area contributed by atoms with Crippen LogP contribution in [0.2, 0.25) is 0 Å². The topological polar surface area (TPSA) is 40.6 Å². The van der Waals surface area contributed by atoms with E-state index in [0.717, 1.165) is 0 Å². The zero-order valence-electron chi connectivity index (χ0n) is 13.8. The molecule has 0 rings (SSSR count). The van der Waals surface area contributed by atoms with Crippen molar-refractivity contribution in [3.63, 3.8) is 0 Å². The normalized spacial score (nSPS) is 13.4. The van der Waals surface area contributed by atoms with Crippen LogP contribution in [0.15, 0.2) is 15.7 Å². The molecular formula is C14H29ClN3Ta-2. The van der Waals surface area contributed by atoms with Gasteiger partial charge in [0, 0.05) is 0 Å². The van der Waals surface area contributed by atoms with Crippen LogP contribution in [-0.4, -0.2) is 16.6 Å². The number of halogens is 1. The van der Waals surface area contributed by atoms with Gasteiger partial charge in [-0.15, -0.1) is 11.1 Å². The van der Waals surface area contributed by atoms with Crippen LogP contribution in [0.4, 0.5) is 0 Å². The average Bonchev–Trinajstić information content (AvgIpc) is 2.08. The number of hydrogen-bond acceptors (Lipinski definition) is 1. The maximum atomic E-state index is 5.50. The molecule has 0 atom stereocenters. The van der Waals surface area contributed by atoms with Gasteiger partial charge < -0.3 is 10.6 Å². The van der Waals surface area contributed by atoms with Crippen molar-refractivity contribution < 1.29 is 18.5 Å². The summed E-state index contributed by atoms with van der Waals surface area (Å²) in [6.07, 6.45) is 3.54. The molecule has 5 heteroatoms. The fourth-order valence-corrected chi connectivity index (χ4v) is 3.30. The van der Waals surface area contributed by atoms with Gasteiger partial charge in [0.2, 0.25) is 0 Å². The van der Waals surface area contributed by atoms with E-state index in [1.807, 2.05) is 0 Å². The van der Waals surface area contributed by atoms with E-state index in [-0.39, 0.29) is 16.6 Å². The molecule has 0 amide bonds. The third-order valence-electron chi connectivity index (χ3n) is 1.33. The Balaban J connectivity index is 0. The summed E-state index contributed by atoms with van der Waals surface area (Å²) < 4.78 is 4.20. The summed E-state index contributed by atoms with van der Waals surface area (Å²) in [5.74, 6) is 0.